The molecule has 0 aliphatic heterocycles. The molecule has 29 heavy (non-hydrogen) atoms. The number of ether oxygens (including phenoxy) is 3. The summed E-state index contributed by atoms with van der Waals surface area (Å²) in [6.45, 7) is 3.89. The topological polar surface area (TPSA) is 73.9 Å². The number of aryl methyl sites for hydroxylation is 1. The van der Waals surface area contributed by atoms with Crippen LogP contribution in [0, 0.1) is 0 Å². The highest BCUT2D eigenvalue weighted by Gasteiger charge is 2.27. The van der Waals surface area contributed by atoms with Gasteiger partial charge < -0.3 is 19.5 Å². The number of hydrogen-bond acceptors (Lipinski definition) is 6. The van der Waals surface area contributed by atoms with Crippen molar-refractivity contribution in [2.45, 2.75) is 39.2 Å². The van der Waals surface area contributed by atoms with Crippen molar-refractivity contribution >= 4 is 34.3 Å². The van der Waals surface area contributed by atoms with Crippen LogP contribution in [0.25, 0.3) is 6.08 Å². The lowest BCUT2D eigenvalue weighted by Crippen LogP contribution is -2.12. The number of hydrogen-bond donors (Lipinski definition) is 1. The number of fused-ring (bicyclic) bond motifs is 1. The van der Waals surface area contributed by atoms with E-state index < -0.39 is 5.97 Å². The zero-order valence-electron chi connectivity index (χ0n) is 17.0. The molecular formula is C22H25NO5S. The zero-order chi connectivity index (χ0) is 21.0. The van der Waals surface area contributed by atoms with Crippen molar-refractivity contribution in [3.63, 3.8) is 0 Å². The third kappa shape index (κ3) is 4.79. The second-order valence-electron chi connectivity index (χ2n) is 6.95. The van der Waals surface area contributed by atoms with Crippen molar-refractivity contribution in [1.29, 1.82) is 0 Å². The molecule has 0 saturated heterocycles. The first-order valence-corrected chi connectivity index (χ1v) is 10.3. The monoisotopic (exact) mass is 415 g/mol. The average Bonchev–Trinajstić information content (AvgIpc) is 3.26. The maximum atomic E-state index is 12.4. The number of thiophene rings is 1. The Bertz CT molecular complexity index is 945. The van der Waals surface area contributed by atoms with Gasteiger partial charge in [-0.1, -0.05) is 6.07 Å². The van der Waals surface area contributed by atoms with Crippen LogP contribution >= 0.6 is 11.3 Å². The lowest BCUT2D eigenvalue weighted by molar-refractivity contribution is -0.111. The third-order valence-electron chi connectivity index (χ3n) is 4.53. The summed E-state index contributed by atoms with van der Waals surface area (Å²) >= 11 is 1.45. The van der Waals surface area contributed by atoms with Crippen LogP contribution in [0.1, 0.15) is 46.6 Å². The van der Waals surface area contributed by atoms with Crippen LogP contribution in [0.2, 0.25) is 0 Å². The van der Waals surface area contributed by atoms with Gasteiger partial charge in [0.05, 0.1) is 25.9 Å². The fourth-order valence-electron chi connectivity index (χ4n) is 3.27. The highest BCUT2D eigenvalue weighted by molar-refractivity contribution is 7.17. The number of carbonyl (C=O) groups is 2. The van der Waals surface area contributed by atoms with Gasteiger partial charge in [0.15, 0.2) is 11.5 Å². The van der Waals surface area contributed by atoms with Gasteiger partial charge in [-0.15, -0.1) is 11.3 Å². The first-order chi connectivity index (χ1) is 13.9. The molecule has 0 fully saturated rings. The second-order valence-corrected chi connectivity index (χ2v) is 8.06. The number of rotatable bonds is 7. The summed E-state index contributed by atoms with van der Waals surface area (Å²) in [5.74, 6) is 0.537. The van der Waals surface area contributed by atoms with E-state index in [9.17, 15) is 9.59 Å². The SMILES string of the molecule is COC(=O)c1c(NC(=O)/C=C/c2ccc(OC(C)C)c(OC)c2)sc2c1CCC2. The van der Waals surface area contributed by atoms with Crippen molar-refractivity contribution in [2.75, 3.05) is 19.5 Å². The highest BCUT2D eigenvalue weighted by Crippen LogP contribution is 2.39. The molecule has 0 radical (unpaired) electrons. The van der Waals surface area contributed by atoms with Gasteiger partial charge in [0.2, 0.25) is 5.91 Å². The quantitative estimate of drug-likeness (QED) is 0.533. The summed E-state index contributed by atoms with van der Waals surface area (Å²) in [7, 11) is 2.93. The Morgan fingerprint density at radius 3 is 2.66 bits per heavy atom. The molecule has 7 heteroatoms. The number of esters is 1. The van der Waals surface area contributed by atoms with Crippen LogP contribution in [0.15, 0.2) is 24.3 Å². The van der Waals surface area contributed by atoms with Gasteiger partial charge in [0.1, 0.15) is 5.00 Å². The Morgan fingerprint density at radius 2 is 1.97 bits per heavy atom. The van der Waals surface area contributed by atoms with E-state index in [4.69, 9.17) is 14.2 Å². The zero-order valence-corrected chi connectivity index (χ0v) is 17.9. The Morgan fingerprint density at radius 1 is 1.17 bits per heavy atom. The van der Waals surface area contributed by atoms with E-state index in [1.807, 2.05) is 26.0 Å². The Hall–Kier alpha value is -2.80. The fourth-order valence-corrected chi connectivity index (χ4v) is 4.56. The van der Waals surface area contributed by atoms with Crippen molar-refractivity contribution in [2.24, 2.45) is 0 Å². The van der Waals surface area contributed by atoms with Crippen LogP contribution < -0.4 is 14.8 Å². The number of amides is 1. The molecule has 1 heterocycles. The average molecular weight is 416 g/mol. The maximum absolute atomic E-state index is 12.4. The van der Waals surface area contributed by atoms with Gasteiger partial charge in [-0.25, -0.2) is 4.79 Å². The smallest absolute Gasteiger partial charge is 0.341 e. The first kappa shape index (κ1) is 20.9. The Balaban J connectivity index is 1.75. The summed E-state index contributed by atoms with van der Waals surface area (Å²) in [6.07, 6.45) is 5.96. The lowest BCUT2D eigenvalue weighted by atomic mass is 10.1. The fraction of sp³-hybridized carbons (Fsp3) is 0.364. The molecule has 0 bridgehead atoms. The normalized spacial score (nSPS) is 12.9. The number of methoxy groups -OCH3 is 2. The molecule has 0 unspecified atom stereocenters. The van der Waals surface area contributed by atoms with Gasteiger partial charge in [0.25, 0.3) is 0 Å². The minimum atomic E-state index is -0.408. The van der Waals surface area contributed by atoms with E-state index in [0.717, 1.165) is 35.3 Å². The summed E-state index contributed by atoms with van der Waals surface area (Å²) < 4.78 is 16.0. The number of carbonyl (C=O) groups excluding carboxylic acids is 2. The van der Waals surface area contributed by atoms with Crippen LogP contribution in [0.5, 0.6) is 11.5 Å². The third-order valence-corrected chi connectivity index (χ3v) is 5.73. The van der Waals surface area contributed by atoms with Crippen LogP contribution in [0.4, 0.5) is 5.00 Å². The van der Waals surface area contributed by atoms with E-state index in [1.165, 1.54) is 24.5 Å². The summed E-state index contributed by atoms with van der Waals surface area (Å²) in [6, 6.07) is 5.47. The maximum Gasteiger partial charge on any atom is 0.341 e. The van der Waals surface area contributed by atoms with Crippen molar-refractivity contribution in [3.8, 4) is 11.5 Å². The number of benzene rings is 1. The molecule has 1 N–H and O–H groups in total. The van der Waals surface area contributed by atoms with Crippen molar-refractivity contribution in [1.82, 2.24) is 0 Å². The number of anilines is 1. The highest BCUT2D eigenvalue weighted by atomic mass is 32.1. The van der Waals surface area contributed by atoms with Gasteiger partial charge in [-0.3, -0.25) is 4.79 Å². The van der Waals surface area contributed by atoms with Crippen LogP contribution in [0.3, 0.4) is 0 Å². The largest absolute Gasteiger partial charge is 0.493 e. The molecule has 3 rings (SSSR count). The molecule has 6 nitrogen and oxygen atoms in total. The van der Waals surface area contributed by atoms with Gasteiger partial charge in [-0.2, -0.15) is 0 Å². The van der Waals surface area contributed by atoms with Crippen molar-refractivity contribution < 1.29 is 23.8 Å². The Labute approximate surface area is 174 Å². The molecule has 1 aromatic carbocycles. The molecule has 1 amide bonds. The van der Waals surface area contributed by atoms with E-state index >= 15 is 0 Å². The summed E-state index contributed by atoms with van der Waals surface area (Å²) in [5, 5.41) is 3.38. The molecule has 2 aromatic rings. The molecule has 154 valence electrons. The predicted octanol–water partition coefficient (Wildman–Crippen LogP) is 4.47. The Kier molecular flexibility index (Phi) is 6.59. The second kappa shape index (κ2) is 9.13. The minimum absolute atomic E-state index is 0.0347. The van der Waals surface area contributed by atoms with E-state index in [0.29, 0.717) is 22.1 Å². The van der Waals surface area contributed by atoms with Crippen molar-refractivity contribution in [3.05, 3.63) is 45.8 Å². The molecular weight excluding hydrogens is 390 g/mol. The molecule has 0 spiro atoms. The minimum Gasteiger partial charge on any atom is -0.493 e. The van der Waals surface area contributed by atoms with Gasteiger partial charge >= 0.3 is 5.97 Å². The molecule has 1 aliphatic carbocycles. The first-order valence-electron chi connectivity index (χ1n) is 9.49. The van der Waals surface area contributed by atoms with E-state index in [1.54, 1.807) is 19.3 Å². The lowest BCUT2D eigenvalue weighted by Gasteiger charge is -2.13. The molecule has 1 aliphatic rings. The van der Waals surface area contributed by atoms with Gasteiger partial charge in [0, 0.05) is 11.0 Å². The predicted molar refractivity (Wildman–Crippen MR) is 114 cm³/mol. The standard InChI is InChI=1S/C22H25NO5S/c1-13(2)28-16-10-8-14(12-17(16)26-3)9-11-19(24)23-21-20(22(25)27-4)15-6-5-7-18(15)29-21/h8-13H,5-7H2,1-4H3,(H,23,24)/b11-9+. The molecule has 0 atom stereocenters. The van der Waals surface area contributed by atoms with Crippen LogP contribution in [-0.4, -0.2) is 32.2 Å². The van der Waals surface area contributed by atoms with Crippen LogP contribution in [-0.2, 0) is 22.4 Å². The molecule has 0 saturated carbocycles. The summed E-state index contributed by atoms with van der Waals surface area (Å²) in [5.41, 5.74) is 2.30. The van der Waals surface area contributed by atoms with Gasteiger partial charge in [-0.05, 0) is 62.4 Å². The summed E-state index contributed by atoms with van der Waals surface area (Å²) in [4.78, 5) is 25.8. The van der Waals surface area contributed by atoms with E-state index in [2.05, 4.69) is 5.32 Å². The number of nitrogens with one attached hydrogen (secondary N) is 1. The van der Waals surface area contributed by atoms with E-state index in [-0.39, 0.29) is 12.0 Å². The molecule has 1 aromatic heterocycles.